The molecule has 0 saturated heterocycles. The van der Waals surface area contributed by atoms with Crippen LogP contribution >= 0.6 is 11.3 Å². The lowest BCUT2D eigenvalue weighted by Gasteiger charge is -2.07. The molecule has 1 heterocycles. The van der Waals surface area contributed by atoms with Gasteiger partial charge in [-0.05, 0) is 23.5 Å². The first kappa shape index (κ1) is 13.1. The van der Waals surface area contributed by atoms with E-state index in [1.165, 1.54) is 11.1 Å². The van der Waals surface area contributed by atoms with Gasteiger partial charge in [-0.25, -0.2) is 4.98 Å². The summed E-state index contributed by atoms with van der Waals surface area (Å²) in [5.41, 5.74) is 3.85. The zero-order valence-corrected chi connectivity index (χ0v) is 12.1. The normalized spacial score (nSPS) is 10.9. The van der Waals surface area contributed by atoms with Crippen molar-refractivity contribution in [3.05, 3.63) is 46.5 Å². The van der Waals surface area contributed by atoms with Crippen LogP contribution in [0.4, 0.5) is 5.13 Å². The topological polar surface area (TPSA) is 24.9 Å². The molecular formula is C15H20N2S. The lowest BCUT2D eigenvalue weighted by atomic mass is 10.0. The molecule has 1 aromatic carbocycles. The molecule has 1 aromatic heterocycles. The van der Waals surface area contributed by atoms with Crippen LogP contribution < -0.4 is 5.32 Å². The number of rotatable bonds is 5. The Bertz CT molecular complexity index is 485. The van der Waals surface area contributed by atoms with Crippen LogP contribution in [-0.2, 0) is 13.0 Å². The average Bonchev–Trinajstić information content (AvgIpc) is 2.85. The van der Waals surface area contributed by atoms with Crippen molar-refractivity contribution in [1.29, 1.82) is 0 Å². The summed E-state index contributed by atoms with van der Waals surface area (Å²) in [6.07, 6.45) is 1.00. The highest BCUT2D eigenvalue weighted by Gasteiger charge is 2.01. The number of aromatic nitrogens is 1. The molecule has 0 spiro atoms. The minimum absolute atomic E-state index is 0.595. The van der Waals surface area contributed by atoms with Gasteiger partial charge in [0, 0.05) is 11.9 Å². The zero-order chi connectivity index (χ0) is 13.0. The summed E-state index contributed by atoms with van der Waals surface area (Å²) in [6, 6.07) is 8.80. The third kappa shape index (κ3) is 3.33. The highest BCUT2D eigenvalue weighted by atomic mass is 32.1. The van der Waals surface area contributed by atoms with E-state index >= 15 is 0 Å². The molecule has 0 aliphatic carbocycles. The molecule has 0 bridgehead atoms. The highest BCUT2D eigenvalue weighted by Crippen LogP contribution is 2.18. The summed E-state index contributed by atoms with van der Waals surface area (Å²) in [6.45, 7) is 7.41. The molecule has 0 unspecified atom stereocenters. The summed E-state index contributed by atoms with van der Waals surface area (Å²) in [4.78, 5) is 4.50. The van der Waals surface area contributed by atoms with Gasteiger partial charge in [0.1, 0.15) is 0 Å². The van der Waals surface area contributed by atoms with Crippen molar-refractivity contribution in [3.63, 3.8) is 0 Å². The molecule has 2 rings (SSSR count). The predicted molar refractivity (Wildman–Crippen MR) is 79.3 cm³/mol. The van der Waals surface area contributed by atoms with Crippen molar-refractivity contribution in [1.82, 2.24) is 4.98 Å². The molecule has 0 aliphatic heterocycles. The lowest BCUT2D eigenvalue weighted by molar-refractivity contribution is 0.865. The van der Waals surface area contributed by atoms with Gasteiger partial charge in [-0.3, -0.25) is 0 Å². The Morgan fingerprint density at radius 3 is 2.50 bits per heavy atom. The Hall–Kier alpha value is -1.35. The maximum absolute atomic E-state index is 4.50. The Labute approximate surface area is 113 Å². The average molecular weight is 260 g/mol. The van der Waals surface area contributed by atoms with E-state index in [1.807, 2.05) is 0 Å². The smallest absolute Gasteiger partial charge is 0.183 e. The van der Waals surface area contributed by atoms with Crippen LogP contribution in [0.3, 0.4) is 0 Å². The maximum Gasteiger partial charge on any atom is 0.183 e. The Morgan fingerprint density at radius 1 is 1.22 bits per heavy atom. The number of benzene rings is 1. The van der Waals surface area contributed by atoms with Crippen LogP contribution in [0, 0.1) is 0 Å². The molecule has 0 amide bonds. The predicted octanol–water partition coefficient (Wildman–Crippen LogP) is 4.44. The van der Waals surface area contributed by atoms with Gasteiger partial charge in [0.25, 0.3) is 0 Å². The van der Waals surface area contributed by atoms with Crippen molar-refractivity contribution in [2.45, 2.75) is 39.7 Å². The third-order valence-electron chi connectivity index (χ3n) is 3.00. The number of thiazole rings is 1. The highest BCUT2D eigenvalue weighted by molar-refractivity contribution is 7.13. The van der Waals surface area contributed by atoms with Gasteiger partial charge in [0.15, 0.2) is 5.13 Å². The van der Waals surface area contributed by atoms with Crippen molar-refractivity contribution >= 4 is 16.5 Å². The van der Waals surface area contributed by atoms with Crippen LogP contribution in [0.2, 0.25) is 0 Å². The van der Waals surface area contributed by atoms with E-state index in [-0.39, 0.29) is 0 Å². The number of hydrogen-bond donors (Lipinski definition) is 1. The summed E-state index contributed by atoms with van der Waals surface area (Å²) in [7, 11) is 0. The number of aryl methyl sites for hydroxylation is 1. The van der Waals surface area contributed by atoms with Gasteiger partial charge in [-0.1, -0.05) is 45.0 Å². The van der Waals surface area contributed by atoms with Crippen LogP contribution in [0.1, 0.15) is 43.5 Å². The van der Waals surface area contributed by atoms with Gasteiger partial charge >= 0.3 is 0 Å². The van der Waals surface area contributed by atoms with E-state index < -0.39 is 0 Å². The summed E-state index contributed by atoms with van der Waals surface area (Å²) < 4.78 is 0. The van der Waals surface area contributed by atoms with E-state index in [2.05, 4.69) is 60.7 Å². The van der Waals surface area contributed by atoms with E-state index in [9.17, 15) is 0 Å². The standard InChI is InChI=1S/C15H20N2S/c1-4-14-10-18-15(17-14)16-9-12-5-7-13(8-6-12)11(2)3/h5-8,10-11H,4,9H2,1-3H3,(H,16,17). The molecule has 2 nitrogen and oxygen atoms in total. The van der Waals surface area contributed by atoms with Crippen LogP contribution in [0.15, 0.2) is 29.6 Å². The molecule has 96 valence electrons. The third-order valence-corrected chi connectivity index (χ3v) is 3.85. The molecular weight excluding hydrogens is 240 g/mol. The fraction of sp³-hybridized carbons (Fsp3) is 0.400. The van der Waals surface area contributed by atoms with Gasteiger partial charge in [0.2, 0.25) is 0 Å². The molecule has 0 atom stereocenters. The molecule has 3 heteroatoms. The van der Waals surface area contributed by atoms with Crippen LogP contribution in [0.25, 0.3) is 0 Å². The van der Waals surface area contributed by atoms with Crippen LogP contribution in [-0.4, -0.2) is 4.98 Å². The molecule has 0 saturated carbocycles. The van der Waals surface area contributed by atoms with E-state index in [1.54, 1.807) is 11.3 Å². The van der Waals surface area contributed by atoms with Gasteiger partial charge in [-0.15, -0.1) is 11.3 Å². The molecule has 18 heavy (non-hydrogen) atoms. The van der Waals surface area contributed by atoms with Crippen LogP contribution in [0.5, 0.6) is 0 Å². The number of anilines is 1. The van der Waals surface area contributed by atoms with E-state index in [4.69, 9.17) is 0 Å². The van der Waals surface area contributed by atoms with Crippen molar-refractivity contribution < 1.29 is 0 Å². The van der Waals surface area contributed by atoms with Gasteiger partial charge in [0.05, 0.1) is 5.69 Å². The molecule has 2 aromatic rings. The van der Waals surface area contributed by atoms with Crippen molar-refractivity contribution in [3.8, 4) is 0 Å². The molecule has 1 N–H and O–H groups in total. The quantitative estimate of drug-likeness (QED) is 0.859. The van der Waals surface area contributed by atoms with Crippen molar-refractivity contribution in [2.24, 2.45) is 0 Å². The molecule has 0 fully saturated rings. The second-order valence-electron chi connectivity index (χ2n) is 4.75. The fourth-order valence-electron chi connectivity index (χ4n) is 1.75. The SMILES string of the molecule is CCc1csc(NCc2ccc(C(C)C)cc2)n1. The summed E-state index contributed by atoms with van der Waals surface area (Å²) in [5, 5.41) is 6.50. The Morgan fingerprint density at radius 2 is 1.94 bits per heavy atom. The monoisotopic (exact) mass is 260 g/mol. The Balaban J connectivity index is 1.93. The largest absolute Gasteiger partial charge is 0.357 e. The molecule has 0 radical (unpaired) electrons. The number of nitrogens with one attached hydrogen (secondary N) is 1. The zero-order valence-electron chi connectivity index (χ0n) is 11.2. The molecule has 0 aliphatic rings. The Kier molecular flexibility index (Phi) is 4.37. The fourth-order valence-corrected chi connectivity index (χ4v) is 2.54. The van der Waals surface area contributed by atoms with Gasteiger partial charge in [-0.2, -0.15) is 0 Å². The first-order valence-electron chi connectivity index (χ1n) is 6.46. The van der Waals surface area contributed by atoms with Gasteiger partial charge < -0.3 is 5.32 Å². The number of hydrogen-bond acceptors (Lipinski definition) is 3. The minimum Gasteiger partial charge on any atom is -0.357 e. The second kappa shape index (κ2) is 6.01. The van der Waals surface area contributed by atoms with E-state index in [0.29, 0.717) is 5.92 Å². The van der Waals surface area contributed by atoms with Crippen molar-refractivity contribution in [2.75, 3.05) is 5.32 Å². The first-order valence-corrected chi connectivity index (χ1v) is 7.34. The summed E-state index contributed by atoms with van der Waals surface area (Å²) >= 11 is 1.68. The lowest BCUT2D eigenvalue weighted by Crippen LogP contribution is -1.99. The number of nitrogens with zero attached hydrogens (tertiary/aromatic N) is 1. The first-order chi connectivity index (χ1) is 8.69. The maximum atomic E-state index is 4.50. The van der Waals surface area contributed by atoms with E-state index in [0.717, 1.165) is 23.8 Å². The minimum atomic E-state index is 0.595. The summed E-state index contributed by atoms with van der Waals surface area (Å²) in [5.74, 6) is 0.595. The second-order valence-corrected chi connectivity index (χ2v) is 5.61.